The Balaban J connectivity index is 2.04. The lowest BCUT2D eigenvalue weighted by Gasteiger charge is -1.99. The van der Waals surface area contributed by atoms with Gasteiger partial charge in [-0.2, -0.15) is 10.1 Å². The van der Waals surface area contributed by atoms with Gasteiger partial charge in [-0.3, -0.25) is 9.67 Å². The van der Waals surface area contributed by atoms with Crippen molar-refractivity contribution in [2.45, 2.75) is 13.8 Å². The molecule has 0 aromatic carbocycles. The quantitative estimate of drug-likeness (QED) is 0.761. The highest BCUT2D eigenvalue weighted by Gasteiger charge is 2.16. The van der Waals surface area contributed by atoms with E-state index in [0.717, 1.165) is 17.0 Å². The van der Waals surface area contributed by atoms with Gasteiger partial charge in [0.1, 0.15) is 11.4 Å². The van der Waals surface area contributed by atoms with Gasteiger partial charge in [-0.15, -0.1) is 0 Å². The fraction of sp³-hybridized carbons (Fsp3) is 0.231. The zero-order valence-corrected chi connectivity index (χ0v) is 11.5. The first-order chi connectivity index (χ1) is 9.54. The van der Waals surface area contributed by atoms with Crippen molar-refractivity contribution in [3.8, 4) is 22.8 Å². The fourth-order valence-electron chi connectivity index (χ4n) is 2.03. The van der Waals surface area contributed by atoms with Gasteiger partial charge in [-0.05, 0) is 26.0 Å². The van der Waals surface area contributed by atoms with E-state index >= 15 is 0 Å². The van der Waals surface area contributed by atoms with Gasteiger partial charge in [-0.25, -0.2) is 0 Å². The maximum Gasteiger partial charge on any atom is 0.263 e. The van der Waals surface area contributed by atoms with Crippen LogP contribution in [0.15, 0.2) is 22.9 Å². The van der Waals surface area contributed by atoms with Gasteiger partial charge < -0.3 is 10.3 Å². The molecule has 0 unspecified atom stereocenters. The summed E-state index contributed by atoms with van der Waals surface area (Å²) in [5.74, 6) is 1.36. The molecule has 3 heterocycles. The highest BCUT2D eigenvalue weighted by Crippen LogP contribution is 2.26. The summed E-state index contributed by atoms with van der Waals surface area (Å²) in [6.07, 6.45) is 1.61. The molecule has 7 nitrogen and oxygen atoms in total. The highest BCUT2D eigenvalue weighted by molar-refractivity contribution is 5.68. The molecule has 7 heteroatoms. The summed E-state index contributed by atoms with van der Waals surface area (Å²) in [6.45, 7) is 3.85. The Hall–Kier alpha value is -2.70. The maximum absolute atomic E-state index is 5.89. The van der Waals surface area contributed by atoms with Crippen molar-refractivity contribution in [1.29, 1.82) is 0 Å². The lowest BCUT2D eigenvalue weighted by molar-refractivity contribution is 0.432. The number of nitrogens with zero attached hydrogens (tertiary/aromatic N) is 5. The van der Waals surface area contributed by atoms with Gasteiger partial charge in [0.15, 0.2) is 0 Å². The van der Waals surface area contributed by atoms with Crippen LogP contribution >= 0.6 is 0 Å². The largest absolute Gasteiger partial charge is 0.383 e. The molecule has 0 bridgehead atoms. The van der Waals surface area contributed by atoms with E-state index in [0.29, 0.717) is 23.1 Å². The van der Waals surface area contributed by atoms with Crippen LogP contribution in [0.25, 0.3) is 22.8 Å². The van der Waals surface area contributed by atoms with E-state index in [1.54, 1.807) is 17.9 Å². The van der Waals surface area contributed by atoms with Crippen molar-refractivity contribution in [2.24, 2.45) is 7.05 Å². The zero-order valence-electron chi connectivity index (χ0n) is 11.5. The Morgan fingerprint density at radius 3 is 2.45 bits per heavy atom. The third-order valence-electron chi connectivity index (χ3n) is 2.98. The summed E-state index contributed by atoms with van der Waals surface area (Å²) in [5.41, 5.74) is 9.21. The second kappa shape index (κ2) is 4.44. The Morgan fingerprint density at radius 2 is 1.85 bits per heavy atom. The third-order valence-corrected chi connectivity index (χ3v) is 2.98. The summed E-state index contributed by atoms with van der Waals surface area (Å²) in [4.78, 5) is 8.69. The molecule has 0 fully saturated rings. The molecule has 102 valence electrons. The number of rotatable bonds is 2. The van der Waals surface area contributed by atoms with Crippen LogP contribution in [-0.2, 0) is 7.05 Å². The first-order valence-corrected chi connectivity index (χ1v) is 6.12. The number of pyridine rings is 1. The Morgan fingerprint density at radius 1 is 1.15 bits per heavy atom. The van der Waals surface area contributed by atoms with E-state index in [1.165, 1.54) is 0 Å². The number of aryl methyl sites for hydroxylation is 3. The van der Waals surface area contributed by atoms with Crippen LogP contribution in [-0.4, -0.2) is 24.9 Å². The second-order valence-corrected chi connectivity index (χ2v) is 4.63. The van der Waals surface area contributed by atoms with E-state index < -0.39 is 0 Å². The van der Waals surface area contributed by atoms with E-state index in [9.17, 15) is 0 Å². The summed E-state index contributed by atoms with van der Waals surface area (Å²) < 4.78 is 6.82. The third kappa shape index (κ3) is 2.03. The number of nitrogens with two attached hydrogens (primary N) is 1. The standard InChI is InChI=1S/C13H14N6O/c1-7-4-9(5-8(2)16-7)12-17-13(20-18-12)10-6-15-19(3)11(10)14/h4-6H,14H2,1-3H3. The molecule has 0 atom stereocenters. The molecule has 3 aromatic heterocycles. The van der Waals surface area contributed by atoms with Crippen LogP contribution in [0.1, 0.15) is 11.4 Å². The minimum atomic E-state index is 0.359. The first-order valence-electron chi connectivity index (χ1n) is 6.12. The van der Waals surface area contributed by atoms with Gasteiger partial charge in [0.05, 0.1) is 6.20 Å². The molecule has 0 amide bonds. The SMILES string of the molecule is Cc1cc(-c2noc(-c3cnn(C)c3N)n2)cc(C)n1. The summed E-state index contributed by atoms with van der Waals surface area (Å²) in [7, 11) is 1.76. The average molecular weight is 270 g/mol. The van der Waals surface area contributed by atoms with Gasteiger partial charge in [0, 0.05) is 24.0 Å². The molecule has 0 aliphatic rings. The van der Waals surface area contributed by atoms with Crippen LogP contribution in [0.2, 0.25) is 0 Å². The van der Waals surface area contributed by atoms with Crippen molar-refractivity contribution < 1.29 is 4.52 Å². The molecule has 0 aliphatic carbocycles. The number of aromatic nitrogens is 5. The van der Waals surface area contributed by atoms with E-state index in [2.05, 4.69) is 20.2 Å². The fourth-order valence-corrected chi connectivity index (χ4v) is 2.03. The van der Waals surface area contributed by atoms with E-state index in [1.807, 2.05) is 26.0 Å². The maximum atomic E-state index is 5.89. The second-order valence-electron chi connectivity index (χ2n) is 4.63. The number of hydrogen-bond donors (Lipinski definition) is 1. The lowest BCUT2D eigenvalue weighted by Crippen LogP contribution is -1.98. The summed E-state index contributed by atoms with van der Waals surface area (Å²) >= 11 is 0. The predicted octanol–water partition coefficient (Wildman–Crippen LogP) is 1.73. The van der Waals surface area contributed by atoms with Crippen LogP contribution in [0.5, 0.6) is 0 Å². The molecular formula is C13H14N6O. The van der Waals surface area contributed by atoms with Gasteiger partial charge in [0.25, 0.3) is 5.89 Å². The van der Waals surface area contributed by atoms with Crippen LogP contribution in [0, 0.1) is 13.8 Å². The number of anilines is 1. The zero-order chi connectivity index (χ0) is 14.3. The minimum absolute atomic E-state index is 0.359. The number of hydrogen-bond acceptors (Lipinski definition) is 6. The van der Waals surface area contributed by atoms with Crippen LogP contribution in [0.3, 0.4) is 0 Å². The molecule has 20 heavy (non-hydrogen) atoms. The van der Waals surface area contributed by atoms with Crippen molar-refractivity contribution in [3.63, 3.8) is 0 Å². The van der Waals surface area contributed by atoms with E-state index in [4.69, 9.17) is 10.3 Å². The topological polar surface area (TPSA) is 95.7 Å². The number of nitrogen functional groups attached to an aromatic ring is 1. The van der Waals surface area contributed by atoms with Crippen LogP contribution in [0.4, 0.5) is 5.82 Å². The Kier molecular flexibility index (Phi) is 2.74. The lowest BCUT2D eigenvalue weighted by atomic mass is 10.2. The Bertz CT molecular complexity index is 753. The van der Waals surface area contributed by atoms with Gasteiger partial charge in [-0.1, -0.05) is 5.16 Å². The minimum Gasteiger partial charge on any atom is -0.383 e. The molecule has 3 rings (SSSR count). The van der Waals surface area contributed by atoms with Crippen molar-refractivity contribution in [3.05, 3.63) is 29.7 Å². The van der Waals surface area contributed by atoms with Crippen molar-refractivity contribution in [2.75, 3.05) is 5.73 Å². The van der Waals surface area contributed by atoms with Gasteiger partial charge in [0.2, 0.25) is 5.82 Å². The molecule has 3 aromatic rings. The predicted molar refractivity (Wildman–Crippen MR) is 73.6 cm³/mol. The Labute approximate surface area is 115 Å². The smallest absolute Gasteiger partial charge is 0.263 e. The first kappa shape index (κ1) is 12.3. The average Bonchev–Trinajstić information content (AvgIpc) is 2.97. The summed E-state index contributed by atoms with van der Waals surface area (Å²) in [6, 6.07) is 3.82. The normalized spacial score (nSPS) is 10.9. The molecule has 0 saturated carbocycles. The monoisotopic (exact) mass is 270 g/mol. The molecule has 0 aliphatic heterocycles. The van der Waals surface area contributed by atoms with Crippen LogP contribution < -0.4 is 5.73 Å². The molecule has 0 saturated heterocycles. The molecule has 0 radical (unpaired) electrons. The summed E-state index contributed by atoms with van der Waals surface area (Å²) in [5, 5.41) is 8.05. The van der Waals surface area contributed by atoms with Gasteiger partial charge >= 0.3 is 0 Å². The molecule has 2 N–H and O–H groups in total. The highest BCUT2D eigenvalue weighted by atomic mass is 16.5. The molecule has 0 spiro atoms. The molecular weight excluding hydrogens is 256 g/mol. The van der Waals surface area contributed by atoms with Crippen molar-refractivity contribution in [1.82, 2.24) is 24.9 Å². The van der Waals surface area contributed by atoms with E-state index in [-0.39, 0.29) is 0 Å². The van der Waals surface area contributed by atoms with Crippen molar-refractivity contribution >= 4 is 5.82 Å².